The Morgan fingerprint density at radius 3 is 2.65 bits per heavy atom. The Kier molecular flexibility index (Phi) is 5.21. The number of hydrogen-bond acceptors (Lipinski definition) is 6. The van der Waals surface area contributed by atoms with E-state index in [1.807, 2.05) is 42.8 Å². The molecule has 0 unspecified atom stereocenters. The van der Waals surface area contributed by atoms with E-state index in [4.69, 9.17) is 15.2 Å². The zero-order chi connectivity index (χ0) is 21.2. The average molecular weight is 425 g/mol. The summed E-state index contributed by atoms with van der Waals surface area (Å²) >= 11 is 1.63. The van der Waals surface area contributed by atoms with Gasteiger partial charge in [-0.25, -0.2) is 4.98 Å². The van der Waals surface area contributed by atoms with E-state index in [0.29, 0.717) is 13.0 Å². The van der Waals surface area contributed by atoms with Gasteiger partial charge in [0.25, 0.3) is 0 Å². The van der Waals surface area contributed by atoms with Crippen LogP contribution in [0.15, 0.2) is 69.6 Å². The van der Waals surface area contributed by atoms with E-state index in [-0.39, 0.29) is 6.04 Å². The fourth-order valence-electron chi connectivity index (χ4n) is 3.89. The molecule has 3 heterocycles. The molecule has 1 aliphatic rings. The second-order valence-corrected chi connectivity index (χ2v) is 8.24. The molecule has 1 aliphatic heterocycles. The highest BCUT2D eigenvalue weighted by Gasteiger charge is 2.30. The van der Waals surface area contributed by atoms with Crippen LogP contribution in [0.3, 0.4) is 0 Å². The van der Waals surface area contributed by atoms with Crippen LogP contribution in [0.25, 0.3) is 11.1 Å². The van der Waals surface area contributed by atoms with Crippen molar-refractivity contribution < 1.29 is 4.52 Å². The van der Waals surface area contributed by atoms with Crippen molar-refractivity contribution in [1.29, 1.82) is 0 Å². The molecule has 0 saturated heterocycles. The van der Waals surface area contributed by atoms with Crippen molar-refractivity contribution in [3.05, 3.63) is 93.3 Å². The van der Waals surface area contributed by atoms with Crippen molar-refractivity contribution in [2.24, 2.45) is 10.7 Å². The molecule has 0 saturated carbocycles. The van der Waals surface area contributed by atoms with Gasteiger partial charge in [0.05, 0.1) is 28.5 Å². The predicted molar refractivity (Wildman–Crippen MR) is 123 cm³/mol. The molecule has 4 aromatic rings. The van der Waals surface area contributed by atoms with Crippen molar-refractivity contribution in [1.82, 2.24) is 10.1 Å². The van der Waals surface area contributed by atoms with Gasteiger partial charge < -0.3 is 10.3 Å². The van der Waals surface area contributed by atoms with Gasteiger partial charge >= 0.3 is 0 Å². The lowest BCUT2D eigenvalue weighted by atomic mass is 9.92. The monoisotopic (exact) mass is 424 g/mol. The van der Waals surface area contributed by atoms with Gasteiger partial charge in [-0.15, -0.1) is 11.3 Å². The molecule has 5 nitrogen and oxygen atoms in total. The molecule has 152 valence electrons. The van der Waals surface area contributed by atoms with Crippen molar-refractivity contribution >= 4 is 17.0 Å². The Labute approximate surface area is 184 Å². The number of fused-ring (bicyclic) bond motifs is 3. The lowest BCUT2D eigenvalue weighted by Gasteiger charge is -2.11. The Balaban J connectivity index is 1.68. The lowest BCUT2D eigenvalue weighted by Crippen LogP contribution is -2.07. The number of benzene rings is 2. The summed E-state index contributed by atoms with van der Waals surface area (Å²) in [5, 5.41) is 7.27. The van der Waals surface area contributed by atoms with Gasteiger partial charge in [0.15, 0.2) is 5.76 Å². The first kappa shape index (κ1) is 19.4. The van der Waals surface area contributed by atoms with Crippen molar-refractivity contribution in [2.45, 2.75) is 19.4 Å². The number of nitrogens with zero attached hydrogens (tertiary/aromatic N) is 3. The van der Waals surface area contributed by atoms with Crippen LogP contribution in [0.4, 0.5) is 0 Å². The number of rotatable bonds is 3. The molecule has 1 atom stereocenters. The van der Waals surface area contributed by atoms with Gasteiger partial charge in [-0.3, -0.25) is 4.99 Å². The van der Waals surface area contributed by atoms with Gasteiger partial charge in [-0.1, -0.05) is 53.4 Å². The number of aryl methyl sites for hydroxylation is 1. The number of aromatic nitrogens is 2. The summed E-state index contributed by atoms with van der Waals surface area (Å²) in [5.74, 6) is 6.77. The molecular formula is C25H20N4OS. The van der Waals surface area contributed by atoms with E-state index in [1.165, 1.54) is 0 Å². The number of aliphatic imine (C=N–C) groups is 1. The molecule has 0 aliphatic carbocycles. The van der Waals surface area contributed by atoms with E-state index < -0.39 is 0 Å². The van der Waals surface area contributed by atoms with Crippen LogP contribution >= 0.6 is 11.3 Å². The minimum Gasteiger partial charge on any atom is -0.358 e. The van der Waals surface area contributed by atoms with E-state index in [9.17, 15) is 0 Å². The van der Waals surface area contributed by atoms with E-state index >= 15 is 0 Å². The summed E-state index contributed by atoms with van der Waals surface area (Å²) in [5.41, 5.74) is 12.4. The highest BCUT2D eigenvalue weighted by atomic mass is 32.1. The molecule has 0 radical (unpaired) electrons. The topological polar surface area (TPSA) is 77.3 Å². The van der Waals surface area contributed by atoms with Crippen molar-refractivity contribution in [3.8, 4) is 23.0 Å². The van der Waals surface area contributed by atoms with Gasteiger partial charge in [0, 0.05) is 34.7 Å². The Morgan fingerprint density at radius 1 is 1.10 bits per heavy atom. The third-order valence-corrected chi connectivity index (χ3v) is 6.07. The van der Waals surface area contributed by atoms with Crippen molar-refractivity contribution in [2.75, 3.05) is 6.54 Å². The summed E-state index contributed by atoms with van der Waals surface area (Å²) in [6, 6.07) is 16.2. The molecule has 0 spiro atoms. The zero-order valence-corrected chi connectivity index (χ0v) is 17.8. The smallest absolute Gasteiger partial charge is 0.169 e. The van der Waals surface area contributed by atoms with E-state index in [2.05, 4.69) is 46.2 Å². The number of hydrogen-bond donors (Lipinski definition) is 1. The maximum atomic E-state index is 5.82. The van der Waals surface area contributed by atoms with Gasteiger partial charge in [0.2, 0.25) is 0 Å². The van der Waals surface area contributed by atoms with Crippen LogP contribution in [-0.2, 0) is 6.42 Å². The maximum Gasteiger partial charge on any atom is 0.169 e. The molecule has 0 amide bonds. The summed E-state index contributed by atoms with van der Waals surface area (Å²) < 4.78 is 5.82. The minimum absolute atomic E-state index is 0.207. The molecule has 2 N–H and O–H groups in total. The Hall–Kier alpha value is -3.53. The van der Waals surface area contributed by atoms with Crippen LogP contribution in [0.2, 0.25) is 0 Å². The molecule has 0 bridgehead atoms. The van der Waals surface area contributed by atoms with Gasteiger partial charge in [-0.05, 0) is 24.6 Å². The lowest BCUT2D eigenvalue weighted by molar-refractivity contribution is 0.359. The van der Waals surface area contributed by atoms with Gasteiger partial charge in [0.1, 0.15) is 6.04 Å². The number of nitrogens with two attached hydrogens (primary N) is 1. The van der Waals surface area contributed by atoms with Crippen LogP contribution < -0.4 is 5.73 Å². The van der Waals surface area contributed by atoms with Crippen LogP contribution in [-0.4, -0.2) is 22.4 Å². The standard InChI is InChI=1S/C25H20N4OS/c1-16-23-19-6-2-3-7-20(19)24(18-10-8-17(9-11-18)5-4-12-26)28-21(25(23)30-29-16)15-22-27-13-14-31-22/h2-3,6-11,13-14,21H,12,15,26H2,1H3/t21-/m0/s1. The predicted octanol–water partition coefficient (Wildman–Crippen LogP) is 4.55. The fraction of sp³-hybridized carbons (Fsp3) is 0.160. The normalized spacial score (nSPS) is 14.6. The first-order chi connectivity index (χ1) is 15.2. The summed E-state index contributed by atoms with van der Waals surface area (Å²) in [6.45, 7) is 2.33. The third-order valence-electron chi connectivity index (χ3n) is 5.27. The molecule has 0 fully saturated rings. The Bertz CT molecular complexity index is 1310. The molecule has 2 aromatic carbocycles. The first-order valence-electron chi connectivity index (χ1n) is 10.1. The first-order valence-corrected chi connectivity index (χ1v) is 10.9. The fourth-order valence-corrected chi connectivity index (χ4v) is 4.54. The van der Waals surface area contributed by atoms with Crippen LogP contribution in [0.5, 0.6) is 0 Å². The highest BCUT2D eigenvalue weighted by molar-refractivity contribution is 7.09. The molecule has 5 rings (SSSR count). The number of thiazole rings is 1. The average Bonchev–Trinajstić information content (AvgIpc) is 3.42. The second kappa shape index (κ2) is 8.31. The highest BCUT2D eigenvalue weighted by Crippen LogP contribution is 2.40. The largest absolute Gasteiger partial charge is 0.358 e. The molecule has 2 aromatic heterocycles. The molecular weight excluding hydrogens is 404 g/mol. The summed E-state index contributed by atoms with van der Waals surface area (Å²) in [7, 11) is 0. The quantitative estimate of drug-likeness (QED) is 0.490. The molecule has 31 heavy (non-hydrogen) atoms. The third kappa shape index (κ3) is 3.70. The Morgan fingerprint density at radius 2 is 1.90 bits per heavy atom. The van der Waals surface area contributed by atoms with E-state index in [0.717, 1.165) is 50.0 Å². The summed E-state index contributed by atoms with van der Waals surface area (Å²) in [6.07, 6.45) is 2.49. The van der Waals surface area contributed by atoms with Crippen LogP contribution in [0.1, 0.15) is 39.2 Å². The minimum atomic E-state index is -0.207. The van der Waals surface area contributed by atoms with Crippen molar-refractivity contribution in [3.63, 3.8) is 0 Å². The van der Waals surface area contributed by atoms with E-state index in [1.54, 1.807) is 11.3 Å². The second-order valence-electron chi connectivity index (χ2n) is 7.26. The summed E-state index contributed by atoms with van der Waals surface area (Å²) in [4.78, 5) is 9.67. The molecule has 6 heteroatoms. The van der Waals surface area contributed by atoms with Crippen LogP contribution in [0, 0.1) is 18.8 Å². The zero-order valence-electron chi connectivity index (χ0n) is 17.0. The van der Waals surface area contributed by atoms with Gasteiger partial charge in [-0.2, -0.15) is 0 Å². The SMILES string of the molecule is Cc1noc2c1-c1ccccc1C(c1ccc(C#CCN)cc1)=N[C@H]2Cc1nccs1. The maximum absolute atomic E-state index is 5.82.